The van der Waals surface area contributed by atoms with E-state index in [0.29, 0.717) is 29.7 Å². The van der Waals surface area contributed by atoms with Crippen LogP contribution < -0.4 is 0 Å². The molecule has 3 heteroatoms. The number of hydrogen-bond donors (Lipinski definition) is 0. The lowest BCUT2D eigenvalue weighted by Crippen LogP contribution is -2.50. The lowest BCUT2D eigenvalue weighted by atomic mass is 9.92. The quantitative estimate of drug-likeness (QED) is 0.0686. The fourth-order valence-electron chi connectivity index (χ4n) is 7.58. The first kappa shape index (κ1) is 43.3. The summed E-state index contributed by atoms with van der Waals surface area (Å²) in [4.78, 5) is 19.8. The summed E-state index contributed by atoms with van der Waals surface area (Å²) in [6, 6.07) is 0.395. The Kier molecular flexibility index (Phi) is 30.4. The second kappa shape index (κ2) is 30.9. The topological polar surface area (TPSA) is 23.6 Å². The highest BCUT2D eigenvalue weighted by molar-refractivity contribution is 5.74. The molecule has 0 saturated heterocycles. The molecule has 4 atom stereocenters. The number of unbranched alkanes of at least 4 members (excludes halogenated alkanes) is 8. The van der Waals surface area contributed by atoms with Gasteiger partial charge in [0.15, 0.2) is 0 Å². The highest BCUT2D eigenvalue weighted by atomic mass is 16.2. The highest BCUT2D eigenvalue weighted by Gasteiger charge is 2.29. The van der Waals surface area contributed by atoms with Gasteiger partial charge in [-0.2, -0.15) is 0 Å². The fourth-order valence-corrected chi connectivity index (χ4v) is 7.58. The molecule has 0 saturated carbocycles. The molecule has 0 rings (SSSR count). The smallest absolute Gasteiger partial charge is 0.320 e. The molecule has 0 aliphatic carbocycles. The molecule has 0 aliphatic heterocycles. The number of nitrogens with zero attached hydrogens (tertiary/aromatic N) is 2. The molecule has 0 bridgehead atoms. The molecule has 264 valence electrons. The maximum atomic E-state index is 15.0. The van der Waals surface area contributed by atoms with Crippen molar-refractivity contribution in [2.75, 3.05) is 26.2 Å². The average molecular weight is 621 g/mol. The predicted molar refractivity (Wildman–Crippen MR) is 199 cm³/mol. The Morgan fingerprint density at radius 3 is 0.750 bits per heavy atom. The van der Waals surface area contributed by atoms with Crippen LogP contribution in [-0.4, -0.2) is 42.0 Å². The first-order chi connectivity index (χ1) is 21.4. The first-order valence-corrected chi connectivity index (χ1v) is 20.5. The van der Waals surface area contributed by atoms with Crippen molar-refractivity contribution in [2.45, 2.75) is 209 Å². The molecule has 0 aromatic heterocycles. The summed E-state index contributed by atoms with van der Waals surface area (Å²) in [5, 5.41) is 0. The third-order valence-corrected chi connectivity index (χ3v) is 10.1. The van der Waals surface area contributed by atoms with E-state index in [0.717, 1.165) is 26.2 Å². The van der Waals surface area contributed by atoms with E-state index in [1.807, 2.05) is 0 Å². The zero-order chi connectivity index (χ0) is 32.8. The molecule has 0 spiro atoms. The number of hydrogen-bond acceptors (Lipinski definition) is 1. The van der Waals surface area contributed by atoms with Gasteiger partial charge in [-0.15, -0.1) is 0 Å². The first-order valence-electron chi connectivity index (χ1n) is 20.5. The summed E-state index contributed by atoms with van der Waals surface area (Å²) in [5.41, 5.74) is 0. The number of urea groups is 1. The van der Waals surface area contributed by atoms with Gasteiger partial charge in [-0.1, -0.05) is 158 Å². The van der Waals surface area contributed by atoms with Crippen LogP contribution in [0.15, 0.2) is 0 Å². The number of carbonyl (C=O) groups is 1. The van der Waals surface area contributed by atoms with E-state index in [2.05, 4.69) is 65.2 Å². The lowest BCUT2D eigenvalue weighted by Gasteiger charge is -2.38. The van der Waals surface area contributed by atoms with E-state index in [4.69, 9.17) is 0 Å². The van der Waals surface area contributed by atoms with Crippen LogP contribution in [0.3, 0.4) is 0 Å². The molecule has 3 nitrogen and oxygen atoms in total. The Hall–Kier alpha value is -0.730. The van der Waals surface area contributed by atoms with Crippen LogP contribution in [0, 0.1) is 23.7 Å². The van der Waals surface area contributed by atoms with Gasteiger partial charge in [-0.3, -0.25) is 0 Å². The summed E-state index contributed by atoms with van der Waals surface area (Å²) in [6.07, 6.45) is 30.7. The van der Waals surface area contributed by atoms with Crippen molar-refractivity contribution in [3.63, 3.8) is 0 Å². The minimum Gasteiger partial charge on any atom is -0.324 e. The van der Waals surface area contributed by atoms with Crippen LogP contribution in [0.25, 0.3) is 0 Å². The van der Waals surface area contributed by atoms with Gasteiger partial charge in [0.1, 0.15) is 0 Å². The van der Waals surface area contributed by atoms with Gasteiger partial charge in [0.25, 0.3) is 0 Å². The standard InChI is InChI=1S/C41H84N2O/c1-9-17-21-29-37(25-13-5)33-42(34-38(26-14-6)30-22-18-10-2)41(44)43(35-39(27-15-7)31-23-19-11-3)36-40(28-16-8)32-24-20-12-4/h37-40H,9-36H2,1-8H3. The molecule has 0 fully saturated rings. The lowest BCUT2D eigenvalue weighted by molar-refractivity contribution is 0.111. The second-order valence-corrected chi connectivity index (χ2v) is 14.7. The van der Waals surface area contributed by atoms with Crippen molar-refractivity contribution < 1.29 is 4.79 Å². The summed E-state index contributed by atoms with van der Waals surface area (Å²) >= 11 is 0. The van der Waals surface area contributed by atoms with Crippen LogP contribution >= 0.6 is 0 Å². The molecule has 44 heavy (non-hydrogen) atoms. The van der Waals surface area contributed by atoms with Crippen LogP contribution in [0.5, 0.6) is 0 Å². The van der Waals surface area contributed by atoms with Crippen molar-refractivity contribution in [3.05, 3.63) is 0 Å². The minimum atomic E-state index is 0.395. The molecule has 0 radical (unpaired) electrons. The van der Waals surface area contributed by atoms with Gasteiger partial charge in [0.05, 0.1) is 0 Å². The van der Waals surface area contributed by atoms with Crippen LogP contribution in [0.2, 0.25) is 0 Å². The zero-order valence-corrected chi connectivity index (χ0v) is 31.9. The normalized spacial score (nSPS) is 14.4. The number of amides is 2. The predicted octanol–water partition coefficient (Wildman–Crippen LogP) is 13.7. The molecule has 0 heterocycles. The summed E-state index contributed by atoms with van der Waals surface area (Å²) in [7, 11) is 0. The molecule has 2 amide bonds. The van der Waals surface area contributed by atoms with Crippen molar-refractivity contribution in [3.8, 4) is 0 Å². The second-order valence-electron chi connectivity index (χ2n) is 14.7. The third-order valence-electron chi connectivity index (χ3n) is 10.1. The van der Waals surface area contributed by atoms with Crippen molar-refractivity contribution in [2.24, 2.45) is 23.7 Å². The molecule has 0 N–H and O–H groups in total. The Bertz CT molecular complexity index is 513. The Morgan fingerprint density at radius 1 is 0.341 bits per heavy atom. The fraction of sp³-hybridized carbons (Fsp3) is 0.976. The molecular formula is C41H84N2O. The van der Waals surface area contributed by atoms with Crippen molar-refractivity contribution in [1.29, 1.82) is 0 Å². The van der Waals surface area contributed by atoms with E-state index < -0.39 is 0 Å². The number of rotatable bonds is 32. The van der Waals surface area contributed by atoms with Crippen molar-refractivity contribution in [1.82, 2.24) is 9.80 Å². The summed E-state index contributed by atoms with van der Waals surface area (Å²) < 4.78 is 0. The Balaban J connectivity index is 6.36. The zero-order valence-electron chi connectivity index (χ0n) is 31.9. The van der Waals surface area contributed by atoms with E-state index in [1.54, 1.807) is 0 Å². The van der Waals surface area contributed by atoms with Gasteiger partial charge >= 0.3 is 6.03 Å². The number of carbonyl (C=O) groups excluding carboxylic acids is 1. The van der Waals surface area contributed by atoms with E-state index >= 15 is 0 Å². The molecule has 0 aliphatic rings. The largest absolute Gasteiger partial charge is 0.324 e. The molecule has 0 aromatic rings. The van der Waals surface area contributed by atoms with Crippen LogP contribution in [0.1, 0.15) is 209 Å². The van der Waals surface area contributed by atoms with Gasteiger partial charge in [-0.25, -0.2) is 4.79 Å². The van der Waals surface area contributed by atoms with Crippen molar-refractivity contribution >= 4 is 6.03 Å². The maximum absolute atomic E-state index is 15.0. The molecule has 4 unspecified atom stereocenters. The third kappa shape index (κ3) is 21.9. The minimum absolute atomic E-state index is 0.395. The average Bonchev–Trinajstić information content (AvgIpc) is 3.00. The van der Waals surface area contributed by atoms with Crippen LogP contribution in [-0.2, 0) is 0 Å². The van der Waals surface area contributed by atoms with Gasteiger partial charge in [-0.05, 0) is 75.0 Å². The summed E-state index contributed by atoms with van der Waals surface area (Å²) in [6.45, 7) is 22.5. The molecular weight excluding hydrogens is 536 g/mol. The molecule has 0 aromatic carbocycles. The Morgan fingerprint density at radius 2 is 0.568 bits per heavy atom. The highest BCUT2D eigenvalue weighted by Crippen LogP contribution is 2.26. The summed E-state index contributed by atoms with van der Waals surface area (Å²) in [5.74, 6) is 2.56. The Labute approximate surface area is 279 Å². The van der Waals surface area contributed by atoms with E-state index in [1.165, 1.54) is 154 Å². The maximum Gasteiger partial charge on any atom is 0.320 e. The van der Waals surface area contributed by atoms with Gasteiger partial charge in [0, 0.05) is 26.2 Å². The van der Waals surface area contributed by atoms with Crippen LogP contribution in [0.4, 0.5) is 4.79 Å². The van der Waals surface area contributed by atoms with Gasteiger partial charge < -0.3 is 9.80 Å². The monoisotopic (exact) mass is 621 g/mol. The van der Waals surface area contributed by atoms with E-state index in [9.17, 15) is 4.79 Å². The SMILES string of the molecule is CCCCCC(CCC)CN(CC(CCC)CCCCC)C(=O)N(CC(CCC)CCCCC)CC(CCC)CCCCC. The van der Waals surface area contributed by atoms with E-state index in [-0.39, 0.29) is 0 Å². The van der Waals surface area contributed by atoms with Gasteiger partial charge in [0.2, 0.25) is 0 Å².